The standard InChI is InChI=1S/C14H22N4O3/c1-3-5-6-7-8-16-14(19)11-9-13(15-4-2)17-10-12(11)18(20)21/h9-10H,3-8H2,1-2H3,(H,15,17)(H,16,19). The van der Waals surface area contributed by atoms with Crippen LogP contribution < -0.4 is 10.6 Å². The monoisotopic (exact) mass is 294 g/mol. The number of hydrogen-bond acceptors (Lipinski definition) is 5. The molecule has 0 saturated carbocycles. The number of anilines is 1. The van der Waals surface area contributed by atoms with Gasteiger partial charge in [-0.05, 0) is 13.3 Å². The fourth-order valence-corrected chi connectivity index (χ4v) is 1.90. The predicted octanol–water partition coefficient (Wildman–Crippen LogP) is 2.73. The summed E-state index contributed by atoms with van der Waals surface area (Å²) in [6, 6.07) is 1.42. The lowest BCUT2D eigenvalue weighted by molar-refractivity contribution is -0.385. The van der Waals surface area contributed by atoms with Gasteiger partial charge in [-0.1, -0.05) is 26.2 Å². The first kappa shape index (κ1) is 16.9. The normalized spacial score (nSPS) is 10.2. The van der Waals surface area contributed by atoms with E-state index in [0.717, 1.165) is 31.9 Å². The zero-order valence-electron chi connectivity index (χ0n) is 12.5. The Bertz CT molecular complexity index is 491. The summed E-state index contributed by atoms with van der Waals surface area (Å²) in [7, 11) is 0. The highest BCUT2D eigenvalue weighted by molar-refractivity contribution is 5.98. The van der Waals surface area contributed by atoms with E-state index in [9.17, 15) is 14.9 Å². The number of unbranched alkanes of at least 4 members (excludes halogenated alkanes) is 3. The zero-order valence-corrected chi connectivity index (χ0v) is 12.5. The third kappa shape index (κ3) is 5.37. The van der Waals surface area contributed by atoms with Crippen LogP contribution in [0, 0.1) is 10.1 Å². The summed E-state index contributed by atoms with van der Waals surface area (Å²) in [5.74, 6) is 0.0268. The molecule has 7 nitrogen and oxygen atoms in total. The van der Waals surface area contributed by atoms with Gasteiger partial charge in [0.2, 0.25) is 0 Å². The third-order valence-corrected chi connectivity index (χ3v) is 3.00. The average Bonchev–Trinajstić information content (AvgIpc) is 2.47. The summed E-state index contributed by atoms with van der Waals surface area (Å²) in [4.78, 5) is 26.4. The molecular formula is C14H22N4O3. The van der Waals surface area contributed by atoms with E-state index < -0.39 is 10.8 Å². The van der Waals surface area contributed by atoms with E-state index in [0.29, 0.717) is 18.9 Å². The average molecular weight is 294 g/mol. The molecule has 0 fully saturated rings. The maximum atomic E-state index is 12.1. The van der Waals surface area contributed by atoms with E-state index in [2.05, 4.69) is 22.5 Å². The Morgan fingerprint density at radius 3 is 2.71 bits per heavy atom. The lowest BCUT2D eigenvalue weighted by Crippen LogP contribution is -2.25. The summed E-state index contributed by atoms with van der Waals surface area (Å²) < 4.78 is 0. The Morgan fingerprint density at radius 1 is 1.33 bits per heavy atom. The Hall–Kier alpha value is -2.18. The lowest BCUT2D eigenvalue weighted by atomic mass is 10.2. The van der Waals surface area contributed by atoms with Gasteiger partial charge in [-0.25, -0.2) is 4.98 Å². The van der Waals surface area contributed by atoms with Gasteiger partial charge in [0.1, 0.15) is 17.6 Å². The van der Waals surface area contributed by atoms with Crippen LogP contribution in [0.3, 0.4) is 0 Å². The molecular weight excluding hydrogens is 272 g/mol. The SMILES string of the molecule is CCCCCCNC(=O)c1cc(NCC)ncc1[N+](=O)[O-]. The van der Waals surface area contributed by atoms with E-state index in [1.54, 1.807) is 0 Å². The fourth-order valence-electron chi connectivity index (χ4n) is 1.90. The van der Waals surface area contributed by atoms with Crippen LogP contribution in [0.4, 0.5) is 11.5 Å². The van der Waals surface area contributed by atoms with E-state index >= 15 is 0 Å². The van der Waals surface area contributed by atoms with Crippen molar-refractivity contribution in [2.24, 2.45) is 0 Å². The molecule has 1 rings (SSSR count). The number of nitrogens with one attached hydrogen (secondary N) is 2. The van der Waals surface area contributed by atoms with Gasteiger partial charge < -0.3 is 10.6 Å². The van der Waals surface area contributed by atoms with Crippen LogP contribution in [0.2, 0.25) is 0 Å². The molecule has 0 unspecified atom stereocenters. The van der Waals surface area contributed by atoms with Gasteiger partial charge in [-0.15, -0.1) is 0 Å². The number of carbonyl (C=O) groups excluding carboxylic acids is 1. The smallest absolute Gasteiger partial charge is 0.300 e. The highest BCUT2D eigenvalue weighted by atomic mass is 16.6. The number of amides is 1. The number of hydrogen-bond donors (Lipinski definition) is 2. The summed E-state index contributed by atoms with van der Waals surface area (Å²) in [6.45, 7) is 5.15. The minimum Gasteiger partial charge on any atom is -0.370 e. The van der Waals surface area contributed by atoms with Gasteiger partial charge >= 0.3 is 0 Å². The van der Waals surface area contributed by atoms with Crippen molar-refractivity contribution in [1.82, 2.24) is 10.3 Å². The molecule has 21 heavy (non-hydrogen) atoms. The molecule has 116 valence electrons. The van der Waals surface area contributed by atoms with Crippen molar-refractivity contribution in [3.8, 4) is 0 Å². The maximum absolute atomic E-state index is 12.1. The van der Waals surface area contributed by atoms with Gasteiger partial charge in [0, 0.05) is 19.2 Å². The molecule has 1 aromatic heterocycles. The maximum Gasteiger partial charge on any atom is 0.300 e. The number of nitro groups is 1. The molecule has 0 bridgehead atoms. The van der Waals surface area contributed by atoms with Crippen LogP contribution in [-0.4, -0.2) is 28.9 Å². The second-order valence-corrected chi connectivity index (χ2v) is 4.69. The number of rotatable bonds is 9. The van der Waals surface area contributed by atoms with E-state index in [1.807, 2.05) is 6.92 Å². The topological polar surface area (TPSA) is 97.2 Å². The van der Waals surface area contributed by atoms with Crippen molar-refractivity contribution in [2.75, 3.05) is 18.4 Å². The largest absolute Gasteiger partial charge is 0.370 e. The van der Waals surface area contributed by atoms with E-state index in [-0.39, 0.29) is 11.3 Å². The lowest BCUT2D eigenvalue weighted by Gasteiger charge is -2.08. The Kier molecular flexibility index (Phi) is 7.14. The fraction of sp³-hybridized carbons (Fsp3) is 0.571. The van der Waals surface area contributed by atoms with Crippen molar-refractivity contribution < 1.29 is 9.72 Å². The van der Waals surface area contributed by atoms with Gasteiger partial charge in [-0.2, -0.15) is 0 Å². The Morgan fingerprint density at radius 2 is 2.10 bits per heavy atom. The summed E-state index contributed by atoms with van der Waals surface area (Å²) in [5.41, 5.74) is -0.232. The van der Waals surface area contributed by atoms with Crippen molar-refractivity contribution in [1.29, 1.82) is 0 Å². The van der Waals surface area contributed by atoms with E-state index in [1.165, 1.54) is 6.07 Å². The molecule has 1 aromatic rings. The van der Waals surface area contributed by atoms with Crippen molar-refractivity contribution in [3.05, 3.63) is 27.9 Å². The Balaban J connectivity index is 2.75. The Labute approximate surface area is 124 Å². The summed E-state index contributed by atoms with van der Waals surface area (Å²) in [5, 5.41) is 16.6. The number of aromatic nitrogens is 1. The molecule has 1 amide bonds. The van der Waals surface area contributed by atoms with Crippen molar-refractivity contribution in [2.45, 2.75) is 39.5 Å². The molecule has 0 spiro atoms. The predicted molar refractivity (Wildman–Crippen MR) is 81.5 cm³/mol. The van der Waals surface area contributed by atoms with Gasteiger partial charge in [0.25, 0.3) is 11.6 Å². The van der Waals surface area contributed by atoms with E-state index in [4.69, 9.17) is 0 Å². The van der Waals surface area contributed by atoms with Crippen LogP contribution in [0.25, 0.3) is 0 Å². The van der Waals surface area contributed by atoms with Crippen LogP contribution in [0.5, 0.6) is 0 Å². The molecule has 0 aliphatic carbocycles. The van der Waals surface area contributed by atoms with Gasteiger partial charge in [0.15, 0.2) is 0 Å². The molecule has 0 aliphatic rings. The van der Waals surface area contributed by atoms with Crippen LogP contribution in [-0.2, 0) is 0 Å². The molecule has 7 heteroatoms. The molecule has 0 aromatic carbocycles. The second-order valence-electron chi connectivity index (χ2n) is 4.69. The minimum atomic E-state index is -0.589. The van der Waals surface area contributed by atoms with Gasteiger partial charge in [0.05, 0.1) is 4.92 Å². The first-order chi connectivity index (χ1) is 10.1. The molecule has 0 saturated heterocycles. The number of nitrogens with zero attached hydrogens (tertiary/aromatic N) is 2. The highest BCUT2D eigenvalue weighted by Gasteiger charge is 2.21. The zero-order chi connectivity index (χ0) is 15.7. The quantitative estimate of drug-likeness (QED) is 0.414. The minimum absolute atomic E-state index is 0.0430. The summed E-state index contributed by atoms with van der Waals surface area (Å²) >= 11 is 0. The first-order valence-electron chi connectivity index (χ1n) is 7.26. The molecule has 0 aliphatic heterocycles. The third-order valence-electron chi connectivity index (χ3n) is 3.00. The number of carbonyl (C=O) groups is 1. The number of pyridine rings is 1. The summed E-state index contributed by atoms with van der Waals surface area (Å²) in [6.07, 6.45) is 5.27. The molecule has 1 heterocycles. The second kappa shape index (κ2) is 8.89. The first-order valence-corrected chi connectivity index (χ1v) is 7.26. The molecule has 0 radical (unpaired) electrons. The van der Waals surface area contributed by atoms with Crippen LogP contribution in [0.15, 0.2) is 12.3 Å². The highest BCUT2D eigenvalue weighted by Crippen LogP contribution is 2.20. The molecule has 0 atom stereocenters. The van der Waals surface area contributed by atoms with Crippen molar-refractivity contribution in [3.63, 3.8) is 0 Å². The van der Waals surface area contributed by atoms with Gasteiger partial charge in [-0.3, -0.25) is 14.9 Å². The van der Waals surface area contributed by atoms with Crippen LogP contribution in [0.1, 0.15) is 49.9 Å². The van der Waals surface area contributed by atoms with Crippen molar-refractivity contribution >= 4 is 17.4 Å². The van der Waals surface area contributed by atoms with Crippen LogP contribution >= 0.6 is 0 Å². The molecule has 2 N–H and O–H groups in total.